The molecule has 0 aliphatic carbocycles. The zero-order valence-electron chi connectivity index (χ0n) is 19.7. The van der Waals surface area contributed by atoms with Gasteiger partial charge in [-0.1, -0.05) is 24.3 Å². The highest BCUT2D eigenvalue weighted by atomic mass is 31.2. The van der Waals surface area contributed by atoms with Gasteiger partial charge in [0.05, 0.1) is 31.5 Å². The second-order valence-electron chi connectivity index (χ2n) is 6.49. The Bertz CT molecular complexity index is 715. The standard InChI is InChI=1S/C9H7N.C8H16N2.C6H15O4P/c1-2-6-9-8(4-1)5-3-7-10-9;1-4-9-6-7-10(5-2)8(9)3;1-4-8-11(7,9-5-2)10-6-3/h1-7H;6-8H,4-5H2,1-3H3;4-6H2,1-3H3. The van der Waals surface area contributed by atoms with Gasteiger partial charge in [0, 0.05) is 37.1 Å². The van der Waals surface area contributed by atoms with E-state index in [1.807, 2.05) is 30.5 Å². The van der Waals surface area contributed by atoms with Crippen LogP contribution in [0, 0.1) is 0 Å². The van der Waals surface area contributed by atoms with Crippen LogP contribution < -0.4 is 0 Å². The number of rotatable bonds is 8. The van der Waals surface area contributed by atoms with Gasteiger partial charge in [-0.2, -0.15) is 0 Å². The zero-order chi connectivity index (χ0) is 23.1. The second kappa shape index (κ2) is 15.0. The van der Waals surface area contributed by atoms with Crippen molar-refractivity contribution >= 4 is 18.7 Å². The van der Waals surface area contributed by atoms with Crippen LogP contribution in [0.1, 0.15) is 41.5 Å². The van der Waals surface area contributed by atoms with Crippen LogP contribution in [0.5, 0.6) is 0 Å². The number of phosphoric acid groups is 1. The molecule has 2 aromatic rings. The first-order valence-electron chi connectivity index (χ1n) is 11.0. The highest BCUT2D eigenvalue weighted by Crippen LogP contribution is 2.48. The predicted molar refractivity (Wildman–Crippen MR) is 128 cm³/mol. The van der Waals surface area contributed by atoms with Crippen LogP contribution in [0.2, 0.25) is 0 Å². The molecule has 0 bridgehead atoms. The van der Waals surface area contributed by atoms with Crippen LogP contribution in [0.3, 0.4) is 0 Å². The Morgan fingerprint density at radius 3 is 1.74 bits per heavy atom. The summed E-state index contributed by atoms with van der Waals surface area (Å²) in [5.74, 6) is 0. The van der Waals surface area contributed by atoms with Gasteiger partial charge in [0.1, 0.15) is 0 Å². The molecule has 1 aromatic carbocycles. The summed E-state index contributed by atoms with van der Waals surface area (Å²) in [6.45, 7) is 15.0. The van der Waals surface area contributed by atoms with Gasteiger partial charge in [-0.25, -0.2) is 4.57 Å². The molecule has 0 saturated heterocycles. The van der Waals surface area contributed by atoms with Gasteiger partial charge in [-0.15, -0.1) is 0 Å². The molecule has 0 spiro atoms. The van der Waals surface area contributed by atoms with Crippen molar-refractivity contribution in [2.45, 2.75) is 47.7 Å². The molecular weight excluding hydrogens is 413 g/mol. The Hall–Kier alpha value is -1.92. The third kappa shape index (κ3) is 9.40. The van der Waals surface area contributed by atoms with Gasteiger partial charge in [0.25, 0.3) is 0 Å². The number of para-hydroxylation sites is 1. The molecule has 0 N–H and O–H groups in total. The molecule has 1 aliphatic rings. The molecular formula is C23H38N3O4P. The fourth-order valence-electron chi connectivity index (χ4n) is 2.95. The number of aromatic nitrogens is 1. The minimum atomic E-state index is -3.22. The summed E-state index contributed by atoms with van der Waals surface area (Å²) in [6, 6.07) is 12.1. The fraction of sp³-hybridized carbons (Fsp3) is 0.522. The Kier molecular flexibility index (Phi) is 13.1. The summed E-state index contributed by atoms with van der Waals surface area (Å²) >= 11 is 0. The van der Waals surface area contributed by atoms with E-state index in [9.17, 15) is 4.57 Å². The van der Waals surface area contributed by atoms with Crippen molar-refractivity contribution in [2.75, 3.05) is 32.9 Å². The first-order valence-corrected chi connectivity index (χ1v) is 12.4. The summed E-state index contributed by atoms with van der Waals surface area (Å²) in [4.78, 5) is 8.83. The summed E-state index contributed by atoms with van der Waals surface area (Å²) in [5.41, 5.74) is 1.06. The van der Waals surface area contributed by atoms with E-state index in [0.29, 0.717) is 26.0 Å². The maximum Gasteiger partial charge on any atom is 0.474 e. The average Bonchev–Trinajstić information content (AvgIpc) is 3.14. The van der Waals surface area contributed by atoms with E-state index in [1.165, 1.54) is 5.39 Å². The quantitative estimate of drug-likeness (QED) is 0.463. The molecule has 2 heterocycles. The van der Waals surface area contributed by atoms with Crippen LogP contribution in [-0.2, 0) is 18.1 Å². The van der Waals surface area contributed by atoms with Gasteiger partial charge < -0.3 is 9.80 Å². The number of hydrogen-bond acceptors (Lipinski definition) is 7. The molecule has 3 rings (SSSR count). The third-order valence-electron chi connectivity index (χ3n) is 4.51. The Labute approximate surface area is 187 Å². The first-order chi connectivity index (χ1) is 14.9. The van der Waals surface area contributed by atoms with E-state index < -0.39 is 7.82 Å². The smallest absolute Gasteiger partial charge is 0.357 e. The van der Waals surface area contributed by atoms with Gasteiger partial charge in [0.2, 0.25) is 0 Å². The van der Waals surface area contributed by atoms with Crippen molar-refractivity contribution in [1.29, 1.82) is 0 Å². The van der Waals surface area contributed by atoms with E-state index in [-0.39, 0.29) is 0 Å². The van der Waals surface area contributed by atoms with E-state index >= 15 is 0 Å². The third-order valence-corrected chi connectivity index (χ3v) is 6.24. The lowest BCUT2D eigenvalue weighted by molar-refractivity contribution is 0.126. The molecule has 0 fully saturated rings. The average molecular weight is 452 g/mol. The van der Waals surface area contributed by atoms with Crippen molar-refractivity contribution in [2.24, 2.45) is 0 Å². The van der Waals surface area contributed by atoms with Crippen molar-refractivity contribution in [3.05, 3.63) is 55.0 Å². The molecule has 0 unspecified atom stereocenters. The molecule has 0 saturated carbocycles. The van der Waals surface area contributed by atoms with Crippen LogP contribution in [-0.4, -0.2) is 53.9 Å². The molecule has 0 radical (unpaired) electrons. The Balaban J connectivity index is 0.000000232. The van der Waals surface area contributed by atoms with Crippen LogP contribution in [0.15, 0.2) is 55.0 Å². The second-order valence-corrected chi connectivity index (χ2v) is 8.16. The van der Waals surface area contributed by atoms with E-state index in [2.05, 4.69) is 60.1 Å². The minimum Gasteiger partial charge on any atom is -0.357 e. The highest BCUT2D eigenvalue weighted by Gasteiger charge is 2.23. The molecule has 0 amide bonds. The summed E-state index contributed by atoms with van der Waals surface area (Å²) in [7, 11) is -3.22. The van der Waals surface area contributed by atoms with Crippen molar-refractivity contribution in [1.82, 2.24) is 14.8 Å². The van der Waals surface area contributed by atoms with E-state index in [1.54, 1.807) is 20.8 Å². The number of hydrogen-bond donors (Lipinski definition) is 0. The predicted octanol–water partition coefficient (Wildman–Crippen LogP) is 5.90. The van der Waals surface area contributed by atoms with Gasteiger partial charge in [-0.3, -0.25) is 18.6 Å². The molecule has 1 aromatic heterocycles. The van der Waals surface area contributed by atoms with Gasteiger partial charge in [0.15, 0.2) is 0 Å². The zero-order valence-corrected chi connectivity index (χ0v) is 20.6. The first kappa shape index (κ1) is 27.1. The number of fused-ring (bicyclic) bond motifs is 1. The van der Waals surface area contributed by atoms with Crippen LogP contribution in [0.4, 0.5) is 0 Å². The monoisotopic (exact) mass is 451 g/mol. The van der Waals surface area contributed by atoms with Crippen molar-refractivity contribution in [3.63, 3.8) is 0 Å². The number of pyridine rings is 1. The largest absolute Gasteiger partial charge is 0.474 e. The lowest BCUT2D eigenvalue weighted by Crippen LogP contribution is -2.35. The lowest BCUT2D eigenvalue weighted by atomic mass is 10.2. The summed E-state index contributed by atoms with van der Waals surface area (Å²) in [5, 5.41) is 1.20. The Morgan fingerprint density at radius 1 is 0.839 bits per heavy atom. The number of nitrogens with zero attached hydrogens (tertiary/aromatic N) is 3. The maximum atomic E-state index is 11.3. The molecule has 7 nitrogen and oxygen atoms in total. The van der Waals surface area contributed by atoms with Crippen LogP contribution >= 0.6 is 7.82 Å². The Morgan fingerprint density at radius 2 is 1.32 bits per heavy atom. The molecule has 1 aliphatic heterocycles. The minimum absolute atomic E-state index is 0.331. The number of phosphoric ester groups is 1. The molecule has 174 valence electrons. The number of benzene rings is 1. The van der Waals surface area contributed by atoms with Crippen molar-refractivity contribution in [3.8, 4) is 0 Å². The van der Waals surface area contributed by atoms with E-state index in [4.69, 9.17) is 13.6 Å². The van der Waals surface area contributed by atoms with Crippen LogP contribution in [0.25, 0.3) is 10.9 Å². The topological polar surface area (TPSA) is 64.1 Å². The SMILES string of the molecule is CCN1C=CN(CC)C1C.CCOP(=O)(OCC)OCC.c1ccc2ncccc2c1. The maximum absolute atomic E-state index is 11.3. The molecule has 8 heteroatoms. The summed E-state index contributed by atoms with van der Waals surface area (Å²) in [6.07, 6.45) is 6.69. The molecule has 31 heavy (non-hydrogen) atoms. The van der Waals surface area contributed by atoms with Gasteiger partial charge in [-0.05, 0) is 53.7 Å². The fourth-order valence-corrected chi connectivity index (χ4v) is 4.12. The molecule has 0 atom stereocenters. The lowest BCUT2D eigenvalue weighted by Gasteiger charge is -2.27. The van der Waals surface area contributed by atoms with E-state index in [0.717, 1.165) is 18.6 Å². The van der Waals surface area contributed by atoms with Gasteiger partial charge >= 0.3 is 7.82 Å². The summed E-state index contributed by atoms with van der Waals surface area (Å²) < 4.78 is 25.8. The normalized spacial score (nSPS) is 13.6. The highest BCUT2D eigenvalue weighted by molar-refractivity contribution is 7.48. The van der Waals surface area contributed by atoms with Crippen molar-refractivity contribution < 1.29 is 18.1 Å².